The molecule has 1 fully saturated rings. The van der Waals surface area contributed by atoms with Crippen molar-refractivity contribution in [1.29, 1.82) is 0 Å². The minimum atomic E-state index is -0.881. The van der Waals surface area contributed by atoms with E-state index in [1.165, 1.54) is 0 Å². The van der Waals surface area contributed by atoms with Gasteiger partial charge in [-0.1, -0.05) is 20.8 Å². The van der Waals surface area contributed by atoms with Crippen molar-refractivity contribution in [2.24, 2.45) is 11.8 Å². The second-order valence-corrected chi connectivity index (χ2v) is 6.36. The Kier molecular flexibility index (Phi) is 4.57. The topological polar surface area (TPSA) is 49.8 Å². The van der Waals surface area contributed by atoms with Crippen molar-refractivity contribution in [2.75, 3.05) is 18.6 Å². The first-order valence-electron chi connectivity index (χ1n) is 7.55. The molecule has 1 amide bonds. The van der Waals surface area contributed by atoms with E-state index in [0.29, 0.717) is 25.3 Å². The Bertz CT molecular complexity index is 497. The lowest BCUT2D eigenvalue weighted by Crippen LogP contribution is -2.55. The Morgan fingerprint density at radius 3 is 2.52 bits per heavy atom. The maximum Gasteiger partial charge on any atom is 0.232 e. The van der Waals surface area contributed by atoms with Gasteiger partial charge in [0.2, 0.25) is 5.91 Å². The predicted octanol–water partition coefficient (Wildman–Crippen LogP) is 2.85. The molecule has 0 saturated carbocycles. The number of carbonyl (C=O) groups excluding carboxylic acids is 1. The van der Waals surface area contributed by atoms with Crippen LogP contribution in [0.4, 0.5) is 5.69 Å². The molecule has 0 spiro atoms. The molecule has 21 heavy (non-hydrogen) atoms. The summed E-state index contributed by atoms with van der Waals surface area (Å²) in [7, 11) is 1.62. The van der Waals surface area contributed by atoms with Crippen LogP contribution in [-0.4, -0.2) is 30.3 Å². The van der Waals surface area contributed by atoms with Gasteiger partial charge in [-0.25, -0.2) is 0 Å². The SMILES string of the molecule is COc1ccc(N2CC[C@](O)(CC(C)C)[C@@H](C)C2=O)cc1. The number of hydrogen-bond acceptors (Lipinski definition) is 3. The first-order valence-corrected chi connectivity index (χ1v) is 7.55. The summed E-state index contributed by atoms with van der Waals surface area (Å²) in [4.78, 5) is 14.4. The van der Waals surface area contributed by atoms with Gasteiger partial charge in [-0.05, 0) is 43.0 Å². The molecular weight excluding hydrogens is 266 g/mol. The van der Waals surface area contributed by atoms with Crippen molar-refractivity contribution in [1.82, 2.24) is 0 Å². The number of hydrogen-bond donors (Lipinski definition) is 1. The summed E-state index contributed by atoms with van der Waals surface area (Å²) in [5.74, 6) is 0.760. The van der Waals surface area contributed by atoms with Crippen molar-refractivity contribution in [3.05, 3.63) is 24.3 Å². The number of anilines is 1. The zero-order valence-electron chi connectivity index (χ0n) is 13.3. The van der Waals surface area contributed by atoms with Crippen LogP contribution in [0.3, 0.4) is 0 Å². The first-order chi connectivity index (χ1) is 9.87. The number of nitrogens with zero attached hydrogens (tertiary/aromatic N) is 1. The quantitative estimate of drug-likeness (QED) is 0.928. The van der Waals surface area contributed by atoms with Crippen LogP contribution in [0.5, 0.6) is 5.75 Å². The Hall–Kier alpha value is -1.55. The van der Waals surface area contributed by atoms with Crippen molar-refractivity contribution < 1.29 is 14.6 Å². The van der Waals surface area contributed by atoms with Crippen LogP contribution >= 0.6 is 0 Å². The maximum atomic E-state index is 12.6. The molecule has 1 aromatic rings. The van der Waals surface area contributed by atoms with Gasteiger partial charge in [-0.15, -0.1) is 0 Å². The van der Waals surface area contributed by atoms with Crippen molar-refractivity contribution in [3.63, 3.8) is 0 Å². The Morgan fingerprint density at radius 1 is 1.38 bits per heavy atom. The molecule has 1 aromatic carbocycles. The molecule has 1 aliphatic rings. The summed E-state index contributed by atoms with van der Waals surface area (Å²) in [6.07, 6.45) is 1.28. The molecule has 1 heterocycles. The van der Waals surface area contributed by atoms with Crippen LogP contribution in [-0.2, 0) is 4.79 Å². The highest BCUT2D eigenvalue weighted by Gasteiger charge is 2.44. The van der Waals surface area contributed by atoms with Crippen LogP contribution in [0.1, 0.15) is 33.6 Å². The normalized spacial score (nSPS) is 26.3. The number of amides is 1. The molecule has 4 heteroatoms. The second-order valence-electron chi connectivity index (χ2n) is 6.36. The average molecular weight is 291 g/mol. The van der Waals surface area contributed by atoms with E-state index in [2.05, 4.69) is 13.8 Å². The number of rotatable bonds is 4. The largest absolute Gasteiger partial charge is 0.497 e. The molecule has 0 radical (unpaired) electrons. The third-order valence-electron chi connectivity index (χ3n) is 4.36. The summed E-state index contributed by atoms with van der Waals surface area (Å²) < 4.78 is 5.14. The van der Waals surface area contributed by atoms with Crippen LogP contribution in [0.25, 0.3) is 0 Å². The van der Waals surface area contributed by atoms with Gasteiger partial charge in [-0.2, -0.15) is 0 Å². The lowest BCUT2D eigenvalue weighted by Gasteiger charge is -2.43. The lowest BCUT2D eigenvalue weighted by molar-refractivity contribution is -0.136. The van der Waals surface area contributed by atoms with E-state index in [1.807, 2.05) is 31.2 Å². The third kappa shape index (κ3) is 3.21. The summed E-state index contributed by atoms with van der Waals surface area (Å²) in [6.45, 7) is 6.54. The molecule has 0 bridgehead atoms. The fourth-order valence-electron chi connectivity index (χ4n) is 3.10. The molecule has 1 aliphatic heterocycles. The molecule has 116 valence electrons. The molecule has 2 atom stereocenters. The van der Waals surface area contributed by atoms with Crippen LogP contribution < -0.4 is 9.64 Å². The van der Waals surface area contributed by atoms with Crippen LogP contribution in [0.15, 0.2) is 24.3 Å². The average Bonchev–Trinajstić information content (AvgIpc) is 2.45. The summed E-state index contributed by atoms with van der Waals surface area (Å²) in [5, 5.41) is 10.8. The number of ether oxygens (including phenoxy) is 1. The fraction of sp³-hybridized carbons (Fsp3) is 0.588. The monoisotopic (exact) mass is 291 g/mol. The van der Waals surface area contributed by atoms with E-state index in [4.69, 9.17) is 4.74 Å². The lowest BCUT2D eigenvalue weighted by atomic mass is 9.76. The number of aliphatic hydroxyl groups is 1. The number of carbonyl (C=O) groups is 1. The van der Waals surface area contributed by atoms with Gasteiger partial charge in [-0.3, -0.25) is 4.79 Å². The minimum Gasteiger partial charge on any atom is -0.497 e. The minimum absolute atomic E-state index is 0.00503. The molecular formula is C17H25NO3. The smallest absolute Gasteiger partial charge is 0.232 e. The fourth-order valence-corrected chi connectivity index (χ4v) is 3.10. The standard InChI is InChI=1S/C17H25NO3/c1-12(2)11-17(20)9-10-18(16(19)13(17)3)14-5-7-15(21-4)8-6-14/h5-8,12-13,20H,9-11H2,1-4H3/t13-,17-/m0/s1. The summed E-state index contributed by atoms with van der Waals surface area (Å²) in [5.41, 5.74) is -0.0203. The molecule has 0 aliphatic carbocycles. The van der Waals surface area contributed by atoms with Gasteiger partial charge in [0.25, 0.3) is 0 Å². The van der Waals surface area contributed by atoms with Gasteiger partial charge in [0.05, 0.1) is 18.6 Å². The number of methoxy groups -OCH3 is 1. The van der Waals surface area contributed by atoms with E-state index in [1.54, 1.807) is 12.0 Å². The van der Waals surface area contributed by atoms with E-state index in [0.717, 1.165) is 11.4 Å². The second kappa shape index (κ2) is 6.06. The van der Waals surface area contributed by atoms with Gasteiger partial charge < -0.3 is 14.7 Å². The van der Waals surface area contributed by atoms with Crippen LogP contribution in [0.2, 0.25) is 0 Å². The maximum absolute atomic E-state index is 12.6. The summed E-state index contributed by atoms with van der Waals surface area (Å²) >= 11 is 0. The van der Waals surface area contributed by atoms with Crippen molar-refractivity contribution in [3.8, 4) is 5.75 Å². The first kappa shape index (κ1) is 15.8. The van der Waals surface area contributed by atoms with Gasteiger partial charge in [0.1, 0.15) is 5.75 Å². The van der Waals surface area contributed by atoms with Gasteiger partial charge in [0.15, 0.2) is 0 Å². The van der Waals surface area contributed by atoms with E-state index in [-0.39, 0.29) is 11.8 Å². The highest BCUT2D eigenvalue weighted by atomic mass is 16.5. The summed E-state index contributed by atoms with van der Waals surface area (Å²) in [6, 6.07) is 7.47. The highest BCUT2D eigenvalue weighted by Crippen LogP contribution is 2.36. The Morgan fingerprint density at radius 2 is 2.00 bits per heavy atom. The molecule has 0 unspecified atom stereocenters. The molecule has 1 saturated heterocycles. The Labute approximate surface area is 126 Å². The number of piperidine rings is 1. The molecule has 1 N–H and O–H groups in total. The molecule has 4 nitrogen and oxygen atoms in total. The van der Waals surface area contributed by atoms with Gasteiger partial charge in [0, 0.05) is 12.2 Å². The molecule has 0 aromatic heterocycles. The zero-order valence-corrected chi connectivity index (χ0v) is 13.3. The van der Waals surface area contributed by atoms with Crippen molar-refractivity contribution in [2.45, 2.75) is 39.2 Å². The zero-order chi connectivity index (χ0) is 15.6. The van der Waals surface area contributed by atoms with Crippen molar-refractivity contribution >= 4 is 11.6 Å². The Balaban J connectivity index is 2.17. The molecule has 2 rings (SSSR count). The van der Waals surface area contributed by atoms with E-state index >= 15 is 0 Å². The number of benzene rings is 1. The highest BCUT2D eigenvalue weighted by molar-refractivity contribution is 5.96. The van der Waals surface area contributed by atoms with Crippen LogP contribution in [0, 0.1) is 11.8 Å². The van der Waals surface area contributed by atoms with E-state index < -0.39 is 5.60 Å². The van der Waals surface area contributed by atoms with Gasteiger partial charge >= 0.3 is 0 Å². The van der Waals surface area contributed by atoms with E-state index in [9.17, 15) is 9.90 Å². The third-order valence-corrected chi connectivity index (χ3v) is 4.36. The predicted molar refractivity (Wildman–Crippen MR) is 83.5 cm³/mol.